The third kappa shape index (κ3) is 8.32. The summed E-state index contributed by atoms with van der Waals surface area (Å²) in [6, 6.07) is 21.6. The molecule has 3 N–H and O–H groups in total. The van der Waals surface area contributed by atoms with E-state index >= 15 is 0 Å². The second-order valence-corrected chi connectivity index (χ2v) is 10.6. The van der Waals surface area contributed by atoms with Gasteiger partial charge >= 0.3 is 6.09 Å². The van der Waals surface area contributed by atoms with Crippen LogP contribution in [0.1, 0.15) is 40.9 Å². The summed E-state index contributed by atoms with van der Waals surface area (Å²) >= 11 is 0. The maximum absolute atomic E-state index is 12.3. The van der Waals surface area contributed by atoms with E-state index in [0.717, 1.165) is 22.9 Å². The first-order valence-corrected chi connectivity index (χ1v) is 14.1. The Bertz CT molecular complexity index is 1340. The molecule has 9 nitrogen and oxygen atoms in total. The topological polar surface area (TPSA) is 133 Å². The van der Waals surface area contributed by atoms with Crippen LogP contribution in [0.15, 0.2) is 72.8 Å². The van der Waals surface area contributed by atoms with Gasteiger partial charge in [0, 0.05) is 6.54 Å². The molecule has 3 aromatic carbocycles. The summed E-state index contributed by atoms with van der Waals surface area (Å²) in [6.07, 6.45) is 0.187. The van der Waals surface area contributed by atoms with E-state index in [1.54, 1.807) is 43.3 Å². The molecule has 0 bridgehead atoms. The SMILES string of the molecule is CCOc1cc(-c2ccc(CCCN(C[C@@H](O)c3ccccc3)C(=O)O)cc2)ccc1C(=O)NS(C)(=O)=O. The Hall–Kier alpha value is -3.89. The highest BCUT2D eigenvalue weighted by molar-refractivity contribution is 7.89. The zero-order chi connectivity index (χ0) is 27.7. The summed E-state index contributed by atoms with van der Waals surface area (Å²) in [4.78, 5) is 25.2. The Labute approximate surface area is 222 Å². The Morgan fingerprint density at radius 2 is 1.66 bits per heavy atom. The number of benzene rings is 3. The predicted molar refractivity (Wildman–Crippen MR) is 145 cm³/mol. The van der Waals surface area contributed by atoms with Crippen LogP contribution in [0.25, 0.3) is 11.1 Å². The van der Waals surface area contributed by atoms with Crippen LogP contribution in [-0.2, 0) is 16.4 Å². The predicted octanol–water partition coefficient (Wildman–Crippen LogP) is 4.09. The van der Waals surface area contributed by atoms with Crippen molar-refractivity contribution >= 4 is 22.0 Å². The van der Waals surface area contributed by atoms with Gasteiger partial charge in [0.1, 0.15) is 5.75 Å². The van der Waals surface area contributed by atoms with Crippen LogP contribution < -0.4 is 9.46 Å². The first-order chi connectivity index (χ1) is 18.1. The molecule has 0 aromatic heterocycles. The van der Waals surface area contributed by atoms with Crippen molar-refractivity contribution < 1.29 is 33.0 Å². The average molecular weight is 541 g/mol. The third-order valence-corrected chi connectivity index (χ3v) is 6.39. The Morgan fingerprint density at radius 3 is 2.26 bits per heavy atom. The summed E-state index contributed by atoms with van der Waals surface area (Å²) in [7, 11) is -3.71. The fourth-order valence-electron chi connectivity index (χ4n) is 3.98. The lowest BCUT2D eigenvalue weighted by Crippen LogP contribution is -2.34. The molecule has 1 atom stereocenters. The number of hydrogen-bond donors (Lipinski definition) is 3. The molecule has 0 saturated carbocycles. The molecular weight excluding hydrogens is 508 g/mol. The number of aliphatic hydroxyl groups excluding tert-OH is 1. The minimum atomic E-state index is -3.71. The van der Waals surface area contributed by atoms with Gasteiger partial charge in [0.25, 0.3) is 5.91 Å². The summed E-state index contributed by atoms with van der Waals surface area (Å²) in [6.45, 7) is 2.36. The number of amides is 2. The lowest BCUT2D eigenvalue weighted by molar-refractivity contribution is 0.0962. The lowest BCUT2D eigenvalue weighted by atomic mass is 10.00. The maximum Gasteiger partial charge on any atom is 0.407 e. The van der Waals surface area contributed by atoms with Gasteiger partial charge in [-0.2, -0.15) is 0 Å². The van der Waals surface area contributed by atoms with Crippen molar-refractivity contribution in [1.29, 1.82) is 0 Å². The molecule has 0 aliphatic heterocycles. The average Bonchev–Trinajstić information content (AvgIpc) is 2.88. The fourth-order valence-corrected chi connectivity index (χ4v) is 4.43. The fraction of sp³-hybridized carbons (Fsp3) is 0.286. The molecule has 0 unspecified atom stereocenters. The smallest absolute Gasteiger partial charge is 0.407 e. The molecule has 3 rings (SSSR count). The van der Waals surface area contributed by atoms with Gasteiger partial charge in [-0.1, -0.05) is 60.7 Å². The van der Waals surface area contributed by atoms with Crippen LogP contribution in [0, 0.1) is 0 Å². The molecule has 38 heavy (non-hydrogen) atoms. The van der Waals surface area contributed by atoms with Crippen LogP contribution in [0.3, 0.4) is 0 Å². The highest BCUT2D eigenvalue weighted by atomic mass is 32.2. The molecule has 0 aliphatic carbocycles. The van der Waals surface area contributed by atoms with Crippen molar-refractivity contribution in [2.75, 3.05) is 26.0 Å². The number of nitrogens with zero attached hydrogens (tertiary/aromatic N) is 1. The zero-order valence-corrected chi connectivity index (χ0v) is 22.1. The quantitative estimate of drug-likeness (QED) is 0.315. The Morgan fingerprint density at radius 1 is 1.00 bits per heavy atom. The zero-order valence-electron chi connectivity index (χ0n) is 21.3. The molecular formula is C28H32N2O7S. The molecule has 202 valence electrons. The van der Waals surface area contributed by atoms with Gasteiger partial charge in [0.05, 0.1) is 31.1 Å². The van der Waals surface area contributed by atoms with E-state index < -0.39 is 28.1 Å². The molecule has 0 spiro atoms. The van der Waals surface area contributed by atoms with Crippen LogP contribution in [0.5, 0.6) is 5.75 Å². The van der Waals surface area contributed by atoms with E-state index in [2.05, 4.69) is 0 Å². The summed E-state index contributed by atoms with van der Waals surface area (Å²) in [5.41, 5.74) is 3.49. The van der Waals surface area contributed by atoms with Crippen molar-refractivity contribution in [3.8, 4) is 16.9 Å². The number of sulfonamides is 1. The third-order valence-electron chi connectivity index (χ3n) is 5.83. The highest BCUT2D eigenvalue weighted by Gasteiger charge is 2.19. The van der Waals surface area contributed by atoms with E-state index in [0.29, 0.717) is 25.0 Å². The minimum absolute atomic E-state index is 0.00134. The second-order valence-electron chi connectivity index (χ2n) is 8.80. The molecule has 2 amide bonds. The monoisotopic (exact) mass is 540 g/mol. The van der Waals surface area contributed by atoms with E-state index in [1.165, 1.54) is 11.0 Å². The van der Waals surface area contributed by atoms with Gasteiger partial charge in [-0.3, -0.25) is 4.79 Å². The van der Waals surface area contributed by atoms with Gasteiger partial charge in [0.15, 0.2) is 0 Å². The number of aliphatic hydroxyl groups is 1. The van der Waals surface area contributed by atoms with E-state index in [1.807, 2.05) is 35.1 Å². The van der Waals surface area contributed by atoms with Crippen molar-refractivity contribution in [3.63, 3.8) is 0 Å². The van der Waals surface area contributed by atoms with Crippen molar-refractivity contribution in [2.45, 2.75) is 25.9 Å². The van der Waals surface area contributed by atoms with Crippen molar-refractivity contribution in [1.82, 2.24) is 9.62 Å². The Kier molecular flexibility index (Phi) is 9.86. The summed E-state index contributed by atoms with van der Waals surface area (Å²) in [5.74, 6) is -0.480. The van der Waals surface area contributed by atoms with Crippen LogP contribution in [0.4, 0.5) is 4.79 Å². The second kappa shape index (κ2) is 13.1. The molecule has 10 heteroatoms. The van der Waals surface area contributed by atoms with E-state index in [9.17, 15) is 28.2 Å². The molecule has 0 radical (unpaired) electrons. The maximum atomic E-state index is 12.3. The van der Waals surface area contributed by atoms with Crippen LogP contribution in [0.2, 0.25) is 0 Å². The van der Waals surface area contributed by atoms with Crippen LogP contribution in [-0.4, -0.2) is 61.5 Å². The molecule has 0 aliphatic rings. The number of ether oxygens (including phenoxy) is 1. The highest BCUT2D eigenvalue weighted by Crippen LogP contribution is 2.28. The van der Waals surface area contributed by atoms with Crippen LogP contribution >= 0.6 is 0 Å². The Balaban J connectivity index is 1.63. The normalized spacial score (nSPS) is 12.0. The number of nitrogens with one attached hydrogen (secondary N) is 1. The van der Waals surface area contributed by atoms with Crippen molar-refractivity contribution in [3.05, 3.63) is 89.5 Å². The number of carboxylic acid groups (broad SMARTS) is 1. The van der Waals surface area contributed by atoms with Gasteiger partial charge in [-0.05, 0) is 54.2 Å². The van der Waals surface area contributed by atoms with Gasteiger partial charge < -0.3 is 19.8 Å². The molecule has 3 aromatic rings. The number of aryl methyl sites for hydroxylation is 1. The largest absolute Gasteiger partial charge is 0.493 e. The van der Waals surface area contributed by atoms with Gasteiger partial charge in [0.2, 0.25) is 10.0 Å². The molecule has 0 saturated heterocycles. The first kappa shape index (κ1) is 28.7. The summed E-state index contributed by atoms with van der Waals surface area (Å²) < 4.78 is 30.4. The number of carbonyl (C=O) groups is 2. The number of hydrogen-bond acceptors (Lipinski definition) is 6. The first-order valence-electron chi connectivity index (χ1n) is 12.2. The minimum Gasteiger partial charge on any atom is -0.493 e. The standard InChI is InChI=1S/C28H32N2O7S/c1-3-37-26-18-23(15-16-24(26)27(32)29-38(2,35)36)21-13-11-20(12-14-21)8-7-17-30(28(33)34)19-25(31)22-9-5-4-6-10-22/h4-6,9-16,18,25,31H,3,7-8,17,19H2,1-2H3,(H,29,32)(H,33,34)/t25-/m1/s1. The summed E-state index contributed by atoms with van der Waals surface area (Å²) in [5, 5.41) is 19.9. The van der Waals surface area contributed by atoms with E-state index in [4.69, 9.17) is 4.74 Å². The number of rotatable bonds is 12. The van der Waals surface area contributed by atoms with Gasteiger partial charge in [-0.25, -0.2) is 17.9 Å². The van der Waals surface area contributed by atoms with Crippen molar-refractivity contribution in [2.24, 2.45) is 0 Å². The number of carbonyl (C=O) groups excluding carboxylic acids is 1. The lowest BCUT2D eigenvalue weighted by Gasteiger charge is -2.22. The molecule has 0 heterocycles. The van der Waals surface area contributed by atoms with Gasteiger partial charge in [-0.15, -0.1) is 0 Å². The molecule has 0 fully saturated rings. The van der Waals surface area contributed by atoms with E-state index in [-0.39, 0.29) is 24.4 Å².